The fourth-order valence-corrected chi connectivity index (χ4v) is 1.60. The van der Waals surface area contributed by atoms with Crippen molar-refractivity contribution in [2.45, 2.75) is 26.3 Å². The van der Waals surface area contributed by atoms with Gasteiger partial charge in [-0.1, -0.05) is 18.2 Å². The lowest BCUT2D eigenvalue weighted by atomic mass is 10.2. The lowest BCUT2D eigenvalue weighted by molar-refractivity contribution is -0.138. The molecule has 1 rings (SSSR count). The molecule has 0 radical (unpaired) electrons. The molecule has 0 saturated carbocycles. The van der Waals surface area contributed by atoms with Gasteiger partial charge in [-0.05, 0) is 12.5 Å². The van der Waals surface area contributed by atoms with E-state index < -0.39 is 5.97 Å². The monoisotopic (exact) mass is 253 g/mol. The van der Waals surface area contributed by atoms with Crippen molar-refractivity contribution in [3.63, 3.8) is 0 Å². The molecule has 18 heavy (non-hydrogen) atoms. The van der Waals surface area contributed by atoms with Crippen molar-refractivity contribution in [3.05, 3.63) is 35.6 Å². The quantitative estimate of drug-likeness (QED) is 0.844. The van der Waals surface area contributed by atoms with Gasteiger partial charge in [0, 0.05) is 32.0 Å². The molecule has 0 aromatic heterocycles. The average Bonchev–Trinajstić information content (AvgIpc) is 2.29. The van der Waals surface area contributed by atoms with Crippen LogP contribution in [0, 0.1) is 5.82 Å². The van der Waals surface area contributed by atoms with Crippen LogP contribution in [0.4, 0.5) is 4.39 Å². The van der Waals surface area contributed by atoms with Crippen LogP contribution in [0.3, 0.4) is 0 Å². The van der Waals surface area contributed by atoms with E-state index in [1.54, 1.807) is 18.2 Å². The molecule has 5 heteroatoms. The van der Waals surface area contributed by atoms with Crippen LogP contribution in [0.15, 0.2) is 24.3 Å². The largest absolute Gasteiger partial charge is 0.481 e. The summed E-state index contributed by atoms with van der Waals surface area (Å²) in [4.78, 5) is 23.2. The molecule has 0 aliphatic heterocycles. The third-order valence-corrected chi connectivity index (χ3v) is 2.58. The van der Waals surface area contributed by atoms with E-state index in [9.17, 15) is 14.0 Å². The number of benzene rings is 1. The Hall–Kier alpha value is -1.91. The van der Waals surface area contributed by atoms with E-state index in [2.05, 4.69) is 0 Å². The molecule has 0 bridgehead atoms. The van der Waals surface area contributed by atoms with Crippen LogP contribution in [-0.4, -0.2) is 28.4 Å². The minimum atomic E-state index is -0.899. The maximum absolute atomic E-state index is 13.4. The predicted molar refractivity (Wildman–Crippen MR) is 64.4 cm³/mol. The fraction of sp³-hybridized carbons (Fsp3) is 0.385. The minimum Gasteiger partial charge on any atom is -0.481 e. The first-order valence-electron chi connectivity index (χ1n) is 5.71. The number of nitrogens with zero attached hydrogens (tertiary/aromatic N) is 1. The zero-order chi connectivity index (χ0) is 13.5. The Morgan fingerprint density at radius 1 is 1.33 bits per heavy atom. The van der Waals surface area contributed by atoms with Gasteiger partial charge in [-0.3, -0.25) is 9.59 Å². The Labute approximate surface area is 105 Å². The molecule has 1 aromatic carbocycles. The van der Waals surface area contributed by atoms with E-state index in [4.69, 9.17) is 5.11 Å². The van der Waals surface area contributed by atoms with Crippen molar-refractivity contribution in [3.8, 4) is 0 Å². The average molecular weight is 253 g/mol. The second kappa shape index (κ2) is 6.74. The maximum Gasteiger partial charge on any atom is 0.303 e. The lowest BCUT2D eigenvalue weighted by Gasteiger charge is -2.21. The molecule has 0 fully saturated rings. The molecule has 0 saturated heterocycles. The highest BCUT2D eigenvalue weighted by molar-refractivity contribution is 5.73. The van der Waals surface area contributed by atoms with Gasteiger partial charge in [0.2, 0.25) is 5.91 Å². The number of rotatable bonds is 6. The van der Waals surface area contributed by atoms with Crippen LogP contribution in [0.25, 0.3) is 0 Å². The first-order chi connectivity index (χ1) is 8.50. The molecule has 0 unspecified atom stereocenters. The summed E-state index contributed by atoms with van der Waals surface area (Å²) in [6, 6.07) is 6.24. The summed E-state index contributed by atoms with van der Waals surface area (Å²) < 4.78 is 13.4. The number of aliphatic carboxylic acids is 1. The van der Waals surface area contributed by atoms with Gasteiger partial charge in [0.15, 0.2) is 0 Å². The van der Waals surface area contributed by atoms with Gasteiger partial charge < -0.3 is 10.0 Å². The van der Waals surface area contributed by atoms with E-state index in [1.807, 2.05) is 0 Å². The summed E-state index contributed by atoms with van der Waals surface area (Å²) >= 11 is 0. The summed E-state index contributed by atoms with van der Waals surface area (Å²) in [5, 5.41) is 8.54. The Morgan fingerprint density at radius 2 is 2.00 bits per heavy atom. The van der Waals surface area contributed by atoms with E-state index in [-0.39, 0.29) is 24.7 Å². The van der Waals surface area contributed by atoms with Crippen LogP contribution in [0.1, 0.15) is 25.3 Å². The smallest absolute Gasteiger partial charge is 0.303 e. The first kappa shape index (κ1) is 14.2. The number of amides is 1. The van der Waals surface area contributed by atoms with Crippen LogP contribution in [-0.2, 0) is 16.1 Å². The summed E-state index contributed by atoms with van der Waals surface area (Å²) in [7, 11) is 0. The van der Waals surface area contributed by atoms with E-state index in [0.717, 1.165) is 0 Å². The third-order valence-electron chi connectivity index (χ3n) is 2.58. The van der Waals surface area contributed by atoms with Gasteiger partial charge in [0.25, 0.3) is 0 Å². The third kappa shape index (κ3) is 4.53. The van der Waals surface area contributed by atoms with E-state index in [0.29, 0.717) is 18.5 Å². The number of halogens is 1. The number of carbonyl (C=O) groups is 2. The highest BCUT2D eigenvalue weighted by Gasteiger charge is 2.12. The number of hydrogen-bond acceptors (Lipinski definition) is 2. The molecule has 1 aromatic rings. The second-order valence-corrected chi connectivity index (χ2v) is 4.03. The number of carbonyl (C=O) groups excluding carboxylic acids is 1. The van der Waals surface area contributed by atoms with Crippen molar-refractivity contribution in [1.82, 2.24) is 4.90 Å². The van der Waals surface area contributed by atoms with Crippen molar-refractivity contribution in [1.29, 1.82) is 0 Å². The summed E-state index contributed by atoms with van der Waals surface area (Å²) in [5.41, 5.74) is 0.433. The van der Waals surface area contributed by atoms with Gasteiger partial charge >= 0.3 is 5.97 Å². The van der Waals surface area contributed by atoms with Crippen LogP contribution < -0.4 is 0 Å². The SMILES string of the molecule is CC(=O)N(CCCC(=O)O)Cc1ccccc1F. The Bertz CT molecular complexity index is 434. The summed E-state index contributed by atoms with van der Waals surface area (Å²) in [6.45, 7) is 1.87. The summed E-state index contributed by atoms with van der Waals surface area (Å²) in [6.07, 6.45) is 0.365. The van der Waals surface area contributed by atoms with Gasteiger partial charge in [-0.15, -0.1) is 0 Å². The molecule has 4 nitrogen and oxygen atoms in total. The zero-order valence-corrected chi connectivity index (χ0v) is 10.2. The molecule has 1 amide bonds. The van der Waals surface area contributed by atoms with Crippen LogP contribution >= 0.6 is 0 Å². The van der Waals surface area contributed by atoms with Gasteiger partial charge in [0.05, 0.1) is 0 Å². The van der Waals surface area contributed by atoms with Crippen molar-refractivity contribution in [2.24, 2.45) is 0 Å². The number of carboxylic acid groups (broad SMARTS) is 1. The fourth-order valence-electron chi connectivity index (χ4n) is 1.60. The molecular formula is C13H16FNO3. The molecule has 0 atom stereocenters. The Morgan fingerprint density at radius 3 is 2.56 bits per heavy atom. The molecule has 0 heterocycles. The normalized spacial score (nSPS) is 10.1. The number of carboxylic acids is 1. The molecule has 0 aliphatic carbocycles. The summed E-state index contributed by atoms with van der Waals surface area (Å²) in [5.74, 6) is -1.45. The van der Waals surface area contributed by atoms with Crippen molar-refractivity contribution in [2.75, 3.05) is 6.54 Å². The first-order valence-corrected chi connectivity index (χ1v) is 5.71. The van der Waals surface area contributed by atoms with Gasteiger partial charge in [0.1, 0.15) is 5.82 Å². The highest BCUT2D eigenvalue weighted by atomic mass is 19.1. The predicted octanol–water partition coefficient (Wildman–Crippen LogP) is 2.04. The number of hydrogen-bond donors (Lipinski definition) is 1. The highest BCUT2D eigenvalue weighted by Crippen LogP contribution is 2.10. The van der Waals surface area contributed by atoms with Gasteiger partial charge in [-0.25, -0.2) is 4.39 Å². The molecule has 1 N–H and O–H groups in total. The molecular weight excluding hydrogens is 237 g/mol. The van der Waals surface area contributed by atoms with Crippen molar-refractivity contribution >= 4 is 11.9 Å². The Kier molecular flexibility index (Phi) is 5.30. The maximum atomic E-state index is 13.4. The molecule has 98 valence electrons. The van der Waals surface area contributed by atoms with E-state index in [1.165, 1.54) is 17.9 Å². The standard InChI is InChI=1S/C13H16FNO3/c1-10(16)15(8-4-7-13(17)18)9-11-5-2-3-6-12(11)14/h2-3,5-6H,4,7-9H2,1H3,(H,17,18). The Balaban J connectivity index is 2.61. The van der Waals surface area contributed by atoms with E-state index >= 15 is 0 Å². The van der Waals surface area contributed by atoms with Crippen LogP contribution in [0.2, 0.25) is 0 Å². The molecule has 0 spiro atoms. The minimum absolute atomic E-state index is 0.00104. The van der Waals surface area contributed by atoms with Crippen molar-refractivity contribution < 1.29 is 19.1 Å². The van der Waals surface area contributed by atoms with Gasteiger partial charge in [-0.2, -0.15) is 0 Å². The molecule has 0 aliphatic rings. The topological polar surface area (TPSA) is 57.6 Å². The second-order valence-electron chi connectivity index (χ2n) is 4.03. The lowest BCUT2D eigenvalue weighted by Crippen LogP contribution is -2.30. The zero-order valence-electron chi connectivity index (χ0n) is 10.2. The van der Waals surface area contributed by atoms with Crippen LogP contribution in [0.5, 0.6) is 0 Å².